The summed E-state index contributed by atoms with van der Waals surface area (Å²) < 4.78 is 2.18. The van der Waals surface area contributed by atoms with Gasteiger partial charge in [-0.1, -0.05) is 12.7 Å². The SMILES string of the molecule is C=Cc1nc(C)n(CC)c1/C=C\C. The Bertz CT molecular complexity index is 332. The number of hydrogen-bond donors (Lipinski definition) is 0. The van der Waals surface area contributed by atoms with Gasteiger partial charge in [-0.3, -0.25) is 0 Å². The maximum atomic E-state index is 4.41. The molecule has 0 radical (unpaired) electrons. The second kappa shape index (κ2) is 4.08. The van der Waals surface area contributed by atoms with Gasteiger partial charge < -0.3 is 4.57 Å². The highest BCUT2D eigenvalue weighted by Crippen LogP contribution is 2.14. The van der Waals surface area contributed by atoms with Gasteiger partial charge in [-0.25, -0.2) is 4.98 Å². The first-order valence-corrected chi connectivity index (χ1v) is 4.56. The summed E-state index contributed by atoms with van der Waals surface area (Å²) in [5.74, 6) is 1.05. The lowest BCUT2D eigenvalue weighted by atomic mass is 10.3. The first-order valence-electron chi connectivity index (χ1n) is 4.56. The van der Waals surface area contributed by atoms with E-state index in [0.29, 0.717) is 0 Å². The Balaban J connectivity index is 3.31. The van der Waals surface area contributed by atoms with E-state index >= 15 is 0 Å². The average molecular weight is 176 g/mol. The third-order valence-corrected chi connectivity index (χ3v) is 2.06. The minimum Gasteiger partial charge on any atom is -0.329 e. The van der Waals surface area contributed by atoms with Crippen molar-refractivity contribution in [1.82, 2.24) is 9.55 Å². The quantitative estimate of drug-likeness (QED) is 0.692. The van der Waals surface area contributed by atoms with Crippen molar-refractivity contribution in [2.45, 2.75) is 27.3 Å². The third kappa shape index (κ3) is 1.72. The molecule has 2 heteroatoms. The Kier molecular flexibility index (Phi) is 3.07. The van der Waals surface area contributed by atoms with E-state index in [4.69, 9.17) is 0 Å². The van der Waals surface area contributed by atoms with Crippen LogP contribution in [0.4, 0.5) is 0 Å². The van der Waals surface area contributed by atoms with Crippen LogP contribution in [0.5, 0.6) is 0 Å². The molecule has 0 saturated carbocycles. The molecule has 1 aromatic heterocycles. The van der Waals surface area contributed by atoms with Gasteiger partial charge in [0.1, 0.15) is 5.82 Å². The van der Waals surface area contributed by atoms with Gasteiger partial charge in [-0.15, -0.1) is 0 Å². The van der Waals surface area contributed by atoms with E-state index in [0.717, 1.165) is 23.8 Å². The van der Waals surface area contributed by atoms with Gasteiger partial charge in [-0.2, -0.15) is 0 Å². The normalized spacial score (nSPS) is 11.0. The topological polar surface area (TPSA) is 17.8 Å². The molecular formula is C11H16N2. The first kappa shape index (κ1) is 9.78. The molecule has 70 valence electrons. The molecule has 13 heavy (non-hydrogen) atoms. The molecule has 2 nitrogen and oxygen atoms in total. The summed E-state index contributed by atoms with van der Waals surface area (Å²) in [4.78, 5) is 4.41. The van der Waals surface area contributed by atoms with Crippen LogP contribution < -0.4 is 0 Å². The Hall–Kier alpha value is -1.31. The van der Waals surface area contributed by atoms with Gasteiger partial charge in [0, 0.05) is 6.54 Å². The number of nitrogens with zero attached hydrogens (tertiary/aromatic N) is 2. The van der Waals surface area contributed by atoms with Crippen molar-refractivity contribution in [2.75, 3.05) is 0 Å². The summed E-state index contributed by atoms with van der Waals surface area (Å²) in [6, 6.07) is 0. The molecule has 1 aromatic rings. The Morgan fingerprint density at radius 1 is 1.54 bits per heavy atom. The monoisotopic (exact) mass is 176 g/mol. The maximum Gasteiger partial charge on any atom is 0.106 e. The number of aryl methyl sites for hydroxylation is 1. The third-order valence-electron chi connectivity index (χ3n) is 2.06. The first-order chi connectivity index (χ1) is 6.24. The van der Waals surface area contributed by atoms with E-state index < -0.39 is 0 Å². The van der Waals surface area contributed by atoms with Crippen LogP contribution in [-0.2, 0) is 6.54 Å². The molecule has 0 unspecified atom stereocenters. The number of allylic oxidation sites excluding steroid dienone is 1. The van der Waals surface area contributed by atoms with E-state index in [1.165, 1.54) is 0 Å². The van der Waals surface area contributed by atoms with Crippen molar-refractivity contribution in [2.24, 2.45) is 0 Å². The Morgan fingerprint density at radius 2 is 2.23 bits per heavy atom. The summed E-state index contributed by atoms with van der Waals surface area (Å²) in [6.07, 6.45) is 5.89. The summed E-state index contributed by atoms with van der Waals surface area (Å²) in [7, 11) is 0. The lowest BCUT2D eigenvalue weighted by molar-refractivity contribution is 0.724. The number of hydrogen-bond acceptors (Lipinski definition) is 1. The van der Waals surface area contributed by atoms with Crippen molar-refractivity contribution >= 4 is 12.2 Å². The van der Waals surface area contributed by atoms with E-state index in [2.05, 4.69) is 29.1 Å². The second-order valence-corrected chi connectivity index (χ2v) is 2.88. The average Bonchev–Trinajstić information content (AvgIpc) is 2.43. The highest BCUT2D eigenvalue weighted by atomic mass is 15.1. The standard InChI is InChI=1S/C11H16N2/c1-5-8-11-10(6-2)12-9(4)13(11)7-3/h5-6,8H,2,7H2,1,3-4H3/b8-5-. The van der Waals surface area contributed by atoms with Crippen LogP contribution in [0.3, 0.4) is 0 Å². The molecule has 0 amide bonds. The summed E-state index contributed by atoms with van der Waals surface area (Å²) in [6.45, 7) is 10.8. The second-order valence-electron chi connectivity index (χ2n) is 2.88. The van der Waals surface area contributed by atoms with Gasteiger partial charge >= 0.3 is 0 Å². The molecular weight excluding hydrogens is 160 g/mol. The number of aromatic nitrogens is 2. The smallest absolute Gasteiger partial charge is 0.106 e. The molecule has 0 spiro atoms. The number of imidazole rings is 1. The molecule has 0 saturated heterocycles. The Morgan fingerprint density at radius 3 is 2.69 bits per heavy atom. The van der Waals surface area contributed by atoms with Gasteiger partial charge in [-0.05, 0) is 32.9 Å². The molecule has 1 rings (SSSR count). The summed E-state index contributed by atoms with van der Waals surface area (Å²) in [5.41, 5.74) is 2.12. The zero-order chi connectivity index (χ0) is 9.84. The molecule has 1 heterocycles. The predicted octanol–water partition coefficient (Wildman–Crippen LogP) is 2.89. The van der Waals surface area contributed by atoms with E-state index in [1.54, 1.807) is 6.08 Å². The molecule has 0 aromatic carbocycles. The molecule has 0 atom stereocenters. The fourth-order valence-corrected chi connectivity index (χ4v) is 1.49. The predicted molar refractivity (Wildman–Crippen MR) is 57.4 cm³/mol. The van der Waals surface area contributed by atoms with Crippen LogP contribution in [0, 0.1) is 6.92 Å². The number of rotatable bonds is 3. The van der Waals surface area contributed by atoms with Crippen molar-refractivity contribution < 1.29 is 0 Å². The Labute approximate surface area is 79.6 Å². The molecule has 0 aliphatic rings. The van der Waals surface area contributed by atoms with Crippen LogP contribution in [-0.4, -0.2) is 9.55 Å². The van der Waals surface area contributed by atoms with E-state index in [9.17, 15) is 0 Å². The summed E-state index contributed by atoms with van der Waals surface area (Å²) >= 11 is 0. The lowest BCUT2D eigenvalue weighted by Crippen LogP contribution is -1.99. The minimum atomic E-state index is 0.951. The minimum absolute atomic E-state index is 0.951. The van der Waals surface area contributed by atoms with Crippen LogP contribution in [0.2, 0.25) is 0 Å². The van der Waals surface area contributed by atoms with Gasteiger partial charge in [0.2, 0.25) is 0 Å². The van der Waals surface area contributed by atoms with E-state index in [1.807, 2.05) is 19.9 Å². The molecule has 0 fully saturated rings. The zero-order valence-electron chi connectivity index (χ0n) is 8.54. The lowest BCUT2D eigenvalue weighted by Gasteiger charge is -2.02. The highest BCUT2D eigenvalue weighted by Gasteiger charge is 2.07. The highest BCUT2D eigenvalue weighted by molar-refractivity contribution is 5.59. The van der Waals surface area contributed by atoms with Crippen LogP contribution >= 0.6 is 0 Å². The van der Waals surface area contributed by atoms with Gasteiger partial charge in [0.25, 0.3) is 0 Å². The van der Waals surface area contributed by atoms with Crippen molar-refractivity contribution in [3.63, 3.8) is 0 Å². The van der Waals surface area contributed by atoms with Crippen LogP contribution in [0.25, 0.3) is 12.2 Å². The largest absolute Gasteiger partial charge is 0.329 e. The van der Waals surface area contributed by atoms with E-state index in [-0.39, 0.29) is 0 Å². The van der Waals surface area contributed by atoms with Crippen molar-refractivity contribution in [3.8, 4) is 0 Å². The zero-order valence-corrected chi connectivity index (χ0v) is 8.54. The van der Waals surface area contributed by atoms with Crippen molar-refractivity contribution in [3.05, 3.63) is 29.9 Å². The molecule has 0 aliphatic carbocycles. The van der Waals surface area contributed by atoms with Gasteiger partial charge in [0.05, 0.1) is 11.4 Å². The van der Waals surface area contributed by atoms with Crippen LogP contribution in [0.15, 0.2) is 12.7 Å². The molecule has 0 bridgehead atoms. The van der Waals surface area contributed by atoms with Crippen LogP contribution in [0.1, 0.15) is 31.1 Å². The fourth-order valence-electron chi connectivity index (χ4n) is 1.49. The van der Waals surface area contributed by atoms with Crippen molar-refractivity contribution in [1.29, 1.82) is 0 Å². The van der Waals surface area contributed by atoms with Gasteiger partial charge in [0.15, 0.2) is 0 Å². The summed E-state index contributed by atoms with van der Waals surface area (Å²) in [5, 5.41) is 0. The molecule has 0 aliphatic heterocycles. The fraction of sp³-hybridized carbons (Fsp3) is 0.364. The maximum absolute atomic E-state index is 4.41. The molecule has 0 N–H and O–H groups in total.